The third kappa shape index (κ3) is 8.88. The van der Waals surface area contributed by atoms with Gasteiger partial charge in [-0.1, -0.05) is 48.5 Å². The number of piperazine rings is 1. The predicted molar refractivity (Wildman–Crippen MR) is 195 cm³/mol. The molecule has 4 aromatic rings. The van der Waals surface area contributed by atoms with Crippen LogP contribution in [0.5, 0.6) is 5.75 Å². The Kier molecular flexibility index (Phi) is 11.4. The van der Waals surface area contributed by atoms with Gasteiger partial charge in [0.05, 0.1) is 5.56 Å². The van der Waals surface area contributed by atoms with E-state index >= 15 is 0 Å². The Morgan fingerprint density at radius 3 is 1.85 bits per heavy atom. The van der Waals surface area contributed by atoms with Gasteiger partial charge < -0.3 is 25.1 Å². The lowest BCUT2D eigenvalue weighted by atomic mass is 9.69. The zero-order valence-corrected chi connectivity index (χ0v) is 28.9. The maximum Gasteiger partial charge on any atom is 0.490 e. The maximum atomic E-state index is 11.2. The zero-order chi connectivity index (χ0) is 36.8. The molecular weight excluding hydrogens is 671 g/mol. The molecule has 8 nitrogen and oxygen atoms in total. The van der Waals surface area contributed by atoms with Crippen LogP contribution in [-0.2, 0) is 11.2 Å². The number of piperidine rings is 1. The summed E-state index contributed by atoms with van der Waals surface area (Å²) in [6.07, 6.45) is -0.663. The number of alkyl halides is 3. The highest BCUT2D eigenvalue weighted by Crippen LogP contribution is 2.47. The second-order valence-corrected chi connectivity index (χ2v) is 13.9. The lowest BCUT2D eigenvalue weighted by Crippen LogP contribution is -2.49. The van der Waals surface area contributed by atoms with Gasteiger partial charge in [0, 0.05) is 63.1 Å². The van der Waals surface area contributed by atoms with Gasteiger partial charge in [-0.3, -0.25) is 4.90 Å². The lowest BCUT2D eigenvalue weighted by Gasteiger charge is -2.40. The van der Waals surface area contributed by atoms with E-state index in [1.807, 2.05) is 24.3 Å². The van der Waals surface area contributed by atoms with Gasteiger partial charge in [-0.15, -0.1) is 0 Å². The second-order valence-electron chi connectivity index (χ2n) is 13.9. The summed E-state index contributed by atoms with van der Waals surface area (Å²) in [5, 5.41) is 26.5. The summed E-state index contributed by atoms with van der Waals surface area (Å²) >= 11 is 0. The van der Waals surface area contributed by atoms with Crippen LogP contribution in [0.4, 0.5) is 24.5 Å². The van der Waals surface area contributed by atoms with E-state index in [0.717, 1.165) is 64.3 Å². The Labute approximate surface area is 301 Å². The fourth-order valence-corrected chi connectivity index (χ4v) is 7.91. The smallest absolute Gasteiger partial charge is 0.490 e. The molecule has 0 aromatic heterocycles. The number of carboxylic acid groups (broad SMARTS) is 2. The molecule has 2 atom stereocenters. The second kappa shape index (κ2) is 16.1. The van der Waals surface area contributed by atoms with Crippen LogP contribution >= 0.6 is 0 Å². The molecule has 3 aliphatic rings. The van der Waals surface area contributed by atoms with E-state index in [2.05, 4.69) is 75.4 Å². The van der Waals surface area contributed by atoms with Gasteiger partial charge in [-0.05, 0) is 108 Å². The Morgan fingerprint density at radius 2 is 1.27 bits per heavy atom. The zero-order valence-electron chi connectivity index (χ0n) is 28.9. The van der Waals surface area contributed by atoms with Crippen molar-refractivity contribution in [2.75, 3.05) is 55.6 Å². The van der Waals surface area contributed by atoms with Crippen molar-refractivity contribution in [3.63, 3.8) is 0 Å². The molecule has 11 heteroatoms. The van der Waals surface area contributed by atoms with Crippen LogP contribution in [-0.4, -0.2) is 84.1 Å². The Bertz CT molecular complexity index is 1800. The van der Waals surface area contributed by atoms with Crippen molar-refractivity contribution in [1.82, 2.24) is 4.90 Å². The van der Waals surface area contributed by atoms with Crippen LogP contribution in [0.3, 0.4) is 0 Å². The number of carboxylic acids is 2. The summed E-state index contributed by atoms with van der Waals surface area (Å²) in [5.74, 6) is -1.87. The number of phenolic OH excluding ortho intramolecular Hbond substituents is 1. The molecule has 2 heterocycles. The normalized spacial score (nSPS) is 19.7. The first-order valence-corrected chi connectivity index (χ1v) is 17.8. The van der Waals surface area contributed by atoms with Crippen LogP contribution < -0.4 is 9.80 Å². The van der Waals surface area contributed by atoms with Gasteiger partial charge in [-0.2, -0.15) is 13.2 Å². The molecule has 2 saturated heterocycles. The van der Waals surface area contributed by atoms with Crippen LogP contribution in [0, 0.1) is 5.92 Å². The molecule has 0 saturated carbocycles. The molecule has 0 radical (unpaired) electrons. The first kappa shape index (κ1) is 36.8. The van der Waals surface area contributed by atoms with Gasteiger partial charge in [0.15, 0.2) is 0 Å². The van der Waals surface area contributed by atoms with Crippen molar-refractivity contribution < 1.29 is 38.1 Å². The quantitative estimate of drug-likeness (QED) is 0.180. The molecule has 0 amide bonds. The third-order valence-electron chi connectivity index (χ3n) is 10.7. The van der Waals surface area contributed by atoms with E-state index in [-0.39, 0.29) is 5.92 Å². The van der Waals surface area contributed by atoms with Crippen LogP contribution in [0.25, 0.3) is 0 Å². The minimum absolute atomic E-state index is 0.276. The highest BCUT2D eigenvalue weighted by Gasteiger charge is 2.38. The number of carbonyl (C=O) groups is 2. The summed E-state index contributed by atoms with van der Waals surface area (Å²) in [7, 11) is 0. The maximum absolute atomic E-state index is 11.2. The van der Waals surface area contributed by atoms with Gasteiger partial charge in [0.25, 0.3) is 0 Å². The molecular formula is C41H44F3N3O5. The summed E-state index contributed by atoms with van der Waals surface area (Å²) in [5.41, 5.74) is 8.13. The topological polar surface area (TPSA) is 105 Å². The highest BCUT2D eigenvalue weighted by molar-refractivity contribution is 5.88. The number of phenols is 1. The number of anilines is 2. The minimum Gasteiger partial charge on any atom is -0.508 e. The van der Waals surface area contributed by atoms with Crippen molar-refractivity contribution in [3.05, 3.63) is 125 Å². The SMILES string of the molecule is O=C(O)C(F)(F)F.O=C(O)c1ccc(N2CCC(CN3CCN(c4ccc([C@@H]5c6ccc(O)cc6CC[C@@H]5c5ccccc5)cc4)CC3)CC2)cc1. The molecule has 52 heavy (non-hydrogen) atoms. The lowest BCUT2D eigenvalue weighted by molar-refractivity contribution is -0.192. The summed E-state index contributed by atoms with van der Waals surface area (Å²) in [4.78, 5) is 27.6. The average molecular weight is 716 g/mol. The number of aryl methyl sites for hydroxylation is 1. The van der Waals surface area contributed by atoms with E-state index in [0.29, 0.717) is 23.1 Å². The first-order valence-electron chi connectivity index (χ1n) is 17.8. The highest BCUT2D eigenvalue weighted by atomic mass is 19.4. The molecule has 0 spiro atoms. The number of benzene rings is 4. The Balaban J connectivity index is 0.000000604. The molecule has 0 unspecified atom stereocenters. The van der Waals surface area contributed by atoms with Crippen molar-refractivity contribution in [3.8, 4) is 5.75 Å². The van der Waals surface area contributed by atoms with Gasteiger partial charge in [-0.25, -0.2) is 9.59 Å². The van der Waals surface area contributed by atoms with Crippen LogP contribution in [0.2, 0.25) is 0 Å². The molecule has 2 fully saturated rings. The molecule has 0 bridgehead atoms. The number of hydrogen-bond acceptors (Lipinski definition) is 6. The van der Waals surface area contributed by atoms with E-state index in [1.165, 1.54) is 40.8 Å². The minimum atomic E-state index is -5.08. The molecule has 7 rings (SSSR count). The largest absolute Gasteiger partial charge is 0.508 e. The summed E-state index contributed by atoms with van der Waals surface area (Å²) in [6, 6.07) is 33.5. The molecule has 4 aromatic carbocycles. The third-order valence-corrected chi connectivity index (χ3v) is 10.7. The number of fused-ring (bicyclic) bond motifs is 1. The van der Waals surface area contributed by atoms with E-state index in [9.17, 15) is 28.2 Å². The van der Waals surface area contributed by atoms with Crippen LogP contribution in [0.1, 0.15) is 63.7 Å². The van der Waals surface area contributed by atoms with E-state index < -0.39 is 18.1 Å². The fourth-order valence-electron chi connectivity index (χ4n) is 7.91. The first-order chi connectivity index (χ1) is 25.0. The number of hydrogen-bond donors (Lipinski definition) is 3. The van der Waals surface area contributed by atoms with Gasteiger partial charge in [0.1, 0.15) is 5.75 Å². The fraction of sp³-hybridized carbons (Fsp3) is 0.366. The number of aliphatic carboxylic acids is 1. The number of aromatic hydroxyl groups is 1. The standard InChI is InChI=1S/C39H43N3O3.C2HF3O2/c43-35-15-17-37-32(26-35)10-16-36(29-4-2-1-3-5-29)38(37)30-6-11-34(12-7-30)42-24-22-40(23-25-42)27-28-18-20-41(21-19-28)33-13-8-31(9-14-33)39(44)45;3-2(4,5)1(6)7/h1-9,11-15,17,26,28,36,38,43H,10,16,18-25,27H2,(H,44,45);(H,6,7)/t36-,38+;/m1./s1. The molecule has 1 aliphatic carbocycles. The van der Waals surface area contributed by atoms with Crippen molar-refractivity contribution in [1.29, 1.82) is 0 Å². The number of rotatable bonds is 7. The van der Waals surface area contributed by atoms with Gasteiger partial charge >= 0.3 is 18.1 Å². The molecule has 3 N–H and O–H groups in total. The van der Waals surface area contributed by atoms with E-state index in [1.54, 1.807) is 12.1 Å². The molecule has 274 valence electrons. The van der Waals surface area contributed by atoms with Crippen molar-refractivity contribution in [2.24, 2.45) is 5.92 Å². The number of nitrogens with zero attached hydrogens (tertiary/aromatic N) is 3. The molecule has 2 aliphatic heterocycles. The average Bonchev–Trinajstić information content (AvgIpc) is 3.15. The Morgan fingerprint density at radius 1 is 0.692 bits per heavy atom. The predicted octanol–water partition coefficient (Wildman–Crippen LogP) is 7.62. The van der Waals surface area contributed by atoms with Crippen LogP contribution in [0.15, 0.2) is 97.1 Å². The number of halogens is 3. The van der Waals surface area contributed by atoms with Gasteiger partial charge in [0.2, 0.25) is 0 Å². The van der Waals surface area contributed by atoms with E-state index in [4.69, 9.17) is 9.90 Å². The number of aromatic carboxylic acids is 1. The van der Waals surface area contributed by atoms with Crippen molar-refractivity contribution >= 4 is 23.3 Å². The summed E-state index contributed by atoms with van der Waals surface area (Å²) in [6.45, 7) is 7.50. The Hall–Kier alpha value is -5.03. The van der Waals surface area contributed by atoms with Crippen molar-refractivity contribution in [2.45, 2.75) is 43.7 Å². The summed E-state index contributed by atoms with van der Waals surface area (Å²) < 4.78 is 31.7. The monoisotopic (exact) mass is 715 g/mol.